The van der Waals surface area contributed by atoms with E-state index in [9.17, 15) is 9.59 Å². The molecule has 0 fully saturated rings. The van der Waals surface area contributed by atoms with Crippen molar-refractivity contribution in [2.75, 3.05) is 6.61 Å². The first kappa shape index (κ1) is 10.7. The minimum Gasteiger partial charge on any atom is -0.396 e. The zero-order valence-corrected chi connectivity index (χ0v) is 7.90. The van der Waals surface area contributed by atoms with Crippen LogP contribution in [0.3, 0.4) is 0 Å². The van der Waals surface area contributed by atoms with Crippen molar-refractivity contribution < 1.29 is 5.11 Å². The van der Waals surface area contributed by atoms with Crippen LogP contribution in [0.4, 0.5) is 0 Å². The Morgan fingerprint density at radius 3 is 2.71 bits per heavy atom. The Kier molecular flexibility index (Phi) is 4.12. The number of hydrogen-bond acceptors (Lipinski definition) is 3. The fourth-order valence-corrected chi connectivity index (χ4v) is 1.19. The Morgan fingerprint density at radius 1 is 1.21 bits per heavy atom. The molecule has 1 aromatic heterocycles. The molecule has 0 saturated heterocycles. The molecule has 0 atom stereocenters. The van der Waals surface area contributed by atoms with Crippen LogP contribution in [-0.4, -0.2) is 21.5 Å². The van der Waals surface area contributed by atoms with Crippen LogP contribution in [-0.2, 0) is 6.54 Å². The largest absolute Gasteiger partial charge is 0.396 e. The van der Waals surface area contributed by atoms with Crippen molar-refractivity contribution in [3.05, 3.63) is 32.8 Å². The van der Waals surface area contributed by atoms with Crippen LogP contribution < -0.4 is 11.1 Å². The molecule has 1 aromatic rings. The maximum Gasteiger partial charge on any atom is 0.265 e. The highest BCUT2D eigenvalue weighted by Gasteiger charge is 1.95. The van der Waals surface area contributed by atoms with Gasteiger partial charge in [0.25, 0.3) is 11.1 Å². The van der Waals surface area contributed by atoms with Crippen molar-refractivity contribution in [1.82, 2.24) is 9.78 Å². The standard InChI is InChI=1S/C9H14N2O3/c12-7-3-1-2-6-11-9(14)5-4-8(13)10-11/h4-5,12H,1-3,6-7H2,(H,10,13). The molecule has 0 aliphatic heterocycles. The molecule has 14 heavy (non-hydrogen) atoms. The summed E-state index contributed by atoms with van der Waals surface area (Å²) in [5.41, 5.74) is -0.472. The van der Waals surface area contributed by atoms with Crippen molar-refractivity contribution in [3.63, 3.8) is 0 Å². The molecule has 0 unspecified atom stereocenters. The molecule has 0 aliphatic carbocycles. The second-order valence-corrected chi connectivity index (χ2v) is 3.08. The van der Waals surface area contributed by atoms with Gasteiger partial charge in [0.15, 0.2) is 0 Å². The number of aliphatic hydroxyl groups excluding tert-OH is 1. The van der Waals surface area contributed by atoms with E-state index in [0.717, 1.165) is 19.3 Å². The molecule has 0 aromatic carbocycles. The van der Waals surface area contributed by atoms with Gasteiger partial charge in [0, 0.05) is 25.3 Å². The zero-order valence-electron chi connectivity index (χ0n) is 7.90. The van der Waals surface area contributed by atoms with E-state index in [1.54, 1.807) is 0 Å². The summed E-state index contributed by atoms with van der Waals surface area (Å²) in [6.45, 7) is 0.662. The number of H-pyrrole nitrogens is 1. The van der Waals surface area contributed by atoms with E-state index < -0.39 is 0 Å². The molecule has 0 radical (unpaired) electrons. The van der Waals surface area contributed by atoms with Gasteiger partial charge in [0.2, 0.25) is 0 Å². The fraction of sp³-hybridized carbons (Fsp3) is 0.556. The quantitative estimate of drug-likeness (QED) is 0.638. The number of aromatic nitrogens is 2. The first-order valence-electron chi connectivity index (χ1n) is 4.65. The van der Waals surface area contributed by atoms with Crippen LogP contribution in [0.1, 0.15) is 19.3 Å². The number of rotatable bonds is 5. The highest BCUT2D eigenvalue weighted by molar-refractivity contribution is 4.85. The minimum atomic E-state index is -0.272. The Balaban J connectivity index is 2.54. The van der Waals surface area contributed by atoms with Gasteiger partial charge in [-0.1, -0.05) is 0 Å². The molecule has 5 heteroatoms. The van der Waals surface area contributed by atoms with Gasteiger partial charge in [-0.05, 0) is 19.3 Å². The third-order valence-electron chi connectivity index (χ3n) is 1.93. The van der Waals surface area contributed by atoms with E-state index in [1.165, 1.54) is 16.8 Å². The summed E-state index contributed by atoms with van der Waals surface area (Å²) in [6.07, 6.45) is 2.35. The highest BCUT2D eigenvalue weighted by atomic mass is 16.2. The van der Waals surface area contributed by atoms with Gasteiger partial charge < -0.3 is 5.11 Å². The lowest BCUT2D eigenvalue weighted by Crippen LogP contribution is -2.27. The summed E-state index contributed by atoms with van der Waals surface area (Å²) in [6, 6.07) is 2.47. The maximum absolute atomic E-state index is 11.2. The smallest absolute Gasteiger partial charge is 0.265 e. The molecule has 0 amide bonds. The van der Waals surface area contributed by atoms with Gasteiger partial charge >= 0.3 is 0 Å². The normalized spacial score (nSPS) is 10.4. The third-order valence-corrected chi connectivity index (χ3v) is 1.93. The van der Waals surface area contributed by atoms with Gasteiger partial charge in [0.05, 0.1) is 0 Å². The van der Waals surface area contributed by atoms with Crippen molar-refractivity contribution in [2.24, 2.45) is 0 Å². The van der Waals surface area contributed by atoms with Crippen LogP contribution in [0.2, 0.25) is 0 Å². The third kappa shape index (κ3) is 3.18. The minimum absolute atomic E-state index is 0.167. The number of aliphatic hydroxyl groups is 1. The van der Waals surface area contributed by atoms with Gasteiger partial charge in [-0.15, -0.1) is 0 Å². The number of unbranched alkanes of at least 4 members (excludes halogenated alkanes) is 2. The lowest BCUT2D eigenvalue weighted by Gasteiger charge is -2.03. The van der Waals surface area contributed by atoms with Crippen molar-refractivity contribution in [1.29, 1.82) is 0 Å². The molecule has 1 heterocycles. The van der Waals surface area contributed by atoms with E-state index >= 15 is 0 Å². The second kappa shape index (κ2) is 5.39. The summed E-state index contributed by atoms with van der Waals surface area (Å²) in [5, 5.41) is 11.0. The Morgan fingerprint density at radius 2 is 2.00 bits per heavy atom. The molecule has 78 valence electrons. The lowest BCUT2D eigenvalue weighted by atomic mass is 10.2. The van der Waals surface area contributed by atoms with E-state index in [1.807, 2.05) is 0 Å². The number of nitrogens with zero attached hydrogens (tertiary/aromatic N) is 1. The molecule has 0 saturated carbocycles. The van der Waals surface area contributed by atoms with Crippen LogP contribution in [0.5, 0.6) is 0 Å². The van der Waals surface area contributed by atoms with Crippen molar-refractivity contribution in [2.45, 2.75) is 25.8 Å². The summed E-state index contributed by atoms with van der Waals surface area (Å²) < 4.78 is 1.29. The number of nitrogens with one attached hydrogen (secondary N) is 1. The summed E-state index contributed by atoms with van der Waals surface area (Å²) >= 11 is 0. The van der Waals surface area contributed by atoms with Crippen LogP contribution >= 0.6 is 0 Å². The molecule has 0 spiro atoms. The summed E-state index contributed by atoms with van der Waals surface area (Å²) in [4.78, 5) is 22.1. The monoisotopic (exact) mass is 198 g/mol. The van der Waals surface area contributed by atoms with Crippen molar-refractivity contribution in [3.8, 4) is 0 Å². The number of aromatic amines is 1. The average molecular weight is 198 g/mol. The lowest BCUT2D eigenvalue weighted by molar-refractivity contribution is 0.281. The second-order valence-electron chi connectivity index (χ2n) is 3.08. The molecular weight excluding hydrogens is 184 g/mol. The predicted molar refractivity (Wildman–Crippen MR) is 52.3 cm³/mol. The number of aryl methyl sites for hydroxylation is 1. The SMILES string of the molecule is O=c1ccc(=O)n(CCCCCO)[nH]1. The first-order chi connectivity index (χ1) is 6.74. The molecule has 5 nitrogen and oxygen atoms in total. The van der Waals surface area contributed by atoms with E-state index in [2.05, 4.69) is 5.10 Å². The van der Waals surface area contributed by atoms with Gasteiger partial charge in [-0.3, -0.25) is 19.4 Å². The number of hydrogen-bond donors (Lipinski definition) is 2. The van der Waals surface area contributed by atoms with Crippen LogP contribution in [0.25, 0.3) is 0 Å². The highest BCUT2D eigenvalue weighted by Crippen LogP contribution is 1.94. The van der Waals surface area contributed by atoms with E-state index in [0.29, 0.717) is 6.54 Å². The summed E-state index contributed by atoms with van der Waals surface area (Å²) in [5.74, 6) is 0. The van der Waals surface area contributed by atoms with E-state index in [4.69, 9.17) is 5.11 Å². The maximum atomic E-state index is 11.2. The molecular formula is C9H14N2O3. The van der Waals surface area contributed by atoms with Gasteiger partial charge in [-0.25, -0.2) is 0 Å². The Labute approximate surface area is 81.0 Å². The zero-order chi connectivity index (χ0) is 10.4. The average Bonchev–Trinajstić information content (AvgIpc) is 2.18. The molecule has 0 bridgehead atoms. The molecule has 0 aliphatic rings. The van der Waals surface area contributed by atoms with Gasteiger partial charge in [0.1, 0.15) is 0 Å². The Bertz CT molecular complexity index is 380. The first-order valence-corrected chi connectivity index (χ1v) is 4.65. The molecule has 2 N–H and O–H groups in total. The summed E-state index contributed by atoms with van der Waals surface area (Å²) in [7, 11) is 0. The molecule has 1 rings (SSSR count). The predicted octanol–water partition coefficient (Wildman–Crippen LogP) is -0.301. The Hall–Kier alpha value is -1.36. The van der Waals surface area contributed by atoms with E-state index in [-0.39, 0.29) is 17.7 Å². The van der Waals surface area contributed by atoms with Crippen LogP contribution in [0, 0.1) is 0 Å². The fourth-order valence-electron chi connectivity index (χ4n) is 1.19. The van der Waals surface area contributed by atoms with Crippen molar-refractivity contribution >= 4 is 0 Å². The topological polar surface area (TPSA) is 75.1 Å². The van der Waals surface area contributed by atoms with Gasteiger partial charge in [-0.2, -0.15) is 0 Å². The van der Waals surface area contributed by atoms with Crippen LogP contribution in [0.15, 0.2) is 21.7 Å².